The molecule has 18 heavy (non-hydrogen) atoms. The van der Waals surface area contributed by atoms with E-state index in [9.17, 15) is 9.59 Å². The van der Waals surface area contributed by atoms with Gasteiger partial charge < -0.3 is 5.11 Å². The zero-order valence-corrected chi connectivity index (χ0v) is 8.96. The molecule has 0 aromatic heterocycles. The van der Waals surface area contributed by atoms with Crippen LogP contribution in [0.15, 0.2) is 54.6 Å². The topological polar surface area (TPSA) is 54.4 Å². The molecule has 0 saturated carbocycles. The first-order valence-electron chi connectivity index (χ1n) is 5.12. The third-order valence-corrected chi connectivity index (χ3v) is 2.44. The predicted octanol–water partition coefficient (Wildman–Crippen LogP) is 1.97. The van der Waals surface area contributed by atoms with E-state index in [2.05, 4.69) is 0 Å². The van der Waals surface area contributed by atoms with Gasteiger partial charge in [-0.1, -0.05) is 48.5 Å². The molecular weight excluding hydrogens is 255 g/mol. The van der Waals surface area contributed by atoms with Crippen molar-refractivity contribution in [3.05, 3.63) is 71.3 Å². The molecule has 0 radical (unpaired) electrons. The number of ketones is 1. The Morgan fingerprint density at radius 2 is 1.28 bits per heavy atom. The first kappa shape index (κ1) is 15.3. The molecule has 86 valence electrons. The molecule has 0 unspecified atom stereocenters. The van der Waals surface area contributed by atoms with E-state index in [1.165, 1.54) is 12.1 Å². The molecule has 0 aliphatic rings. The molecule has 0 spiro atoms. The van der Waals surface area contributed by atoms with E-state index < -0.39 is 5.97 Å². The van der Waals surface area contributed by atoms with Crippen LogP contribution in [0, 0.1) is 0 Å². The summed E-state index contributed by atoms with van der Waals surface area (Å²) >= 11 is 0. The summed E-state index contributed by atoms with van der Waals surface area (Å²) < 4.78 is 0. The number of carbonyl (C=O) groups excluding carboxylic acids is 1. The summed E-state index contributed by atoms with van der Waals surface area (Å²) in [6.45, 7) is 0. The first-order valence-corrected chi connectivity index (χ1v) is 5.12. The Balaban J connectivity index is 0.00000162. The summed E-state index contributed by atoms with van der Waals surface area (Å²) in [6, 6.07) is 14.8. The Morgan fingerprint density at radius 1 is 0.778 bits per heavy atom. The predicted molar refractivity (Wildman–Crippen MR) is 70.4 cm³/mol. The van der Waals surface area contributed by atoms with Crippen molar-refractivity contribution in [1.82, 2.24) is 0 Å². The van der Waals surface area contributed by atoms with E-state index in [0.29, 0.717) is 5.56 Å². The van der Waals surface area contributed by atoms with Crippen LogP contribution in [0.1, 0.15) is 26.3 Å². The van der Waals surface area contributed by atoms with Crippen LogP contribution in [0.3, 0.4) is 0 Å². The monoisotopic (exact) mass is 266 g/mol. The van der Waals surface area contributed by atoms with Crippen molar-refractivity contribution in [3.8, 4) is 0 Å². The molecule has 0 amide bonds. The maximum atomic E-state index is 12.1. The Kier molecular flexibility index (Phi) is 5.91. The van der Waals surface area contributed by atoms with Crippen molar-refractivity contribution in [2.24, 2.45) is 0 Å². The Labute approximate surface area is 147 Å². The van der Waals surface area contributed by atoms with Gasteiger partial charge in [-0.05, 0) is 6.07 Å². The summed E-state index contributed by atoms with van der Waals surface area (Å²) in [4.78, 5) is 23.1. The van der Waals surface area contributed by atoms with E-state index in [-0.39, 0.29) is 68.3 Å². The van der Waals surface area contributed by atoms with Gasteiger partial charge in [0, 0.05) is 11.1 Å². The van der Waals surface area contributed by atoms with Gasteiger partial charge in [-0.25, -0.2) is 4.79 Å². The molecule has 0 bridgehead atoms. The van der Waals surface area contributed by atoms with Crippen LogP contribution in [-0.2, 0) is 0 Å². The Bertz CT molecular complexity index is 564. The number of carbonyl (C=O) groups is 2. The minimum absolute atomic E-state index is 0. The summed E-state index contributed by atoms with van der Waals surface area (Å²) in [7, 11) is 0. The molecule has 0 heterocycles. The van der Waals surface area contributed by atoms with Gasteiger partial charge in [0.2, 0.25) is 0 Å². The standard InChI is InChI=1S/C14H10O3.K.H/c15-13(10-6-2-1-3-7-10)11-8-4-5-9-12(11)14(16)17;;/h1-9H,(H,16,17);;. The Morgan fingerprint density at radius 3 is 1.83 bits per heavy atom. The van der Waals surface area contributed by atoms with Crippen molar-refractivity contribution in [3.63, 3.8) is 0 Å². The van der Waals surface area contributed by atoms with Gasteiger partial charge in [0.1, 0.15) is 0 Å². The van der Waals surface area contributed by atoms with Crippen LogP contribution < -0.4 is 0 Å². The fourth-order valence-corrected chi connectivity index (χ4v) is 1.61. The second kappa shape index (κ2) is 6.97. The van der Waals surface area contributed by atoms with Gasteiger partial charge >= 0.3 is 57.4 Å². The second-order valence-corrected chi connectivity index (χ2v) is 3.55. The molecular formula is C14H11KO3. The fourth-order valence-electron chi connectivity index (χ4n) is 1.61. The van der Waals surface area contributed by atoms with E-state index in [0.717, 1.165) is 0 Å². The number of benzene rings is 2. The molecule has 4 heteroatoms. The number of rotatable bonds is 3. The van der Waals surface area contributed by atoms with Gasteiger partial charge in [0.25, 0.3) is 0 Å². The number of carboxylic acid groups (broad SMARTS) is 1. The number of hydrogen-bond acceptors (Lipinski definition) is 2. The molecule has 2 rings (SSSR count). The molecule has 1 N–H and O–H groups in total. The van der Waals surface area contributed by atoms with Crippen LogP contribution in [0.5, 0.6) is 0 Å². The van der Waals surface area contributed by atoms with Gasteiger partial charge in [-0.15, -0.1) is 0 Å². The summed E-state index contributed by atoms with van der Waals surface area (Å²) in [5, 5.41) is 9.01. The number of hydrogen-bond donors (Lipinski definition) is 1. The molecule has 2 aromatic rings. The normalized spacial score (nSPS) is 9.33. The zero-order valence-electron chi connectivity index (χ0n) is 8.96. The summed E-state index contributed by atoms with van der Waals surface area (Å²) in [6.07, 6.45) is 0. The van der Waals surface area contributed by atoms with Crippen LogP contribution in [0.2, 0.25) is 0 Å². The molecule has 2 aromatic carbocycles. The van der Waals surface area contributed by atoms with E-state index in [4.69, 9.17) is 5.11 Å². The number of carboxylic acids is 1. The first-order chi connectivity index (χ1) is 8.20. The molecule has 0 atom stereocenters. The Hall–Kier alpha value is -0.784. The minimum atomic E-state index is -1.09. The van der Waals surface area contributed by atoms with E-state index in [1.807, 2.05) is 0 Å². The van der Waals surface area contributed by atoms with Crippen molar-refractivity contribution >= 4 is 63.1 Å². The van der Waals surface area contributed by atoms with Crippen LogP contribution in [-0.4, -0.2) is 68.2 Å². The zero-order chi connectivity index (χ0) is 12.3. The third-order valence-electron chi connectivity index (χ3n) is 2.44. The van der Waals surface area contributed by atoms with Gasteiger partial charge in [0.15, 0.2) is 5.78 Å². The summed E-state index contributed by atoms with van der Waals surface area (Å²) in [5.41, 5.74) is 0.730. The molecule has 0 aliphatic heterocycles. The molecule has 0 fully saturated rings. The van der Waals surface area contributed by atoms with Gasteiger partial charge in [-0.3, -0.25) is 4.79 Å². The van der Waals surface area contributed by atoms with Crippen molar-refractivity contribution in [1.29, 1.82) is 0 Å². The van der Waals surface area contributed by atoms with Crippen molar-refractivity contribution in [2.75, 3.05) is 0 Å². The van der Waals surface area contributed by atoms with Crippen LogP contribution in [0.25, 0.3) is 0 Å². The van der Waals surface area contributed by atoms with Crippen molar-refractivity contribution < 1.29 is 14.7 Å². The SMILES string of the molecule is O=C(O)c1ccccc1C(=O)c1ccccc1.[KH]. The average molecular weight is 266 g/mol. The molecule has 0 aliphatic carbocycles. The van der Waals surface area contributed by atoms with Crippen molar-refractivity contribution in [2.45, 2.75) is 0 Å². The number of aromatic carboxylic acids is 1. The van der Waals surface area contributed by atoms with Gasteiger partial charge in [0.05, 0.1) is 5.56 Å². The quantitative estimate of drug-likeness (QED) is 0.682. The van der Waals surface area contributed by atoms with Crippen LogP contribution >= 0.6 is 0 Å². The van der Waals surface area contributed by atoms with E-state index >= 15 is 0 Å². The third kappa shape index (κ3) is 3.37. The maximum absolute atomic E-state index is 12.1. The average Bonchev–Trinajstić information content (AvgIpc) is 2.39. The molecule has 3 nitrogen and oxygen atoms in total. The fraction of sp³-hybridized carbons (Fsp3) is 0. The van der Waals surface area contributed by atoms with Crippen LogP contribution in [0.4, 0.5) is 0 Å². The van der Waals surface area contributed by atoms with E-state index in [1.54, 1.807) is 42.5 Å². The summed E-state index contributed by atoms with van der Waals surface area (Å²) in [5.74, 6) is -1.37. The second-order valence-electron chi connectivity index (χ2n) is 3.55. The van der Waals surface area contributed by atoms with Gasteiger partial charge in [-0.2, -0.15) is 0 Å². The molecule has 0 saturated heterocycles.